The number of rotatable bonds is 7. The molecular weight excluding hydrogens is 607 g/mol. The Morgan fingerprint density at radius 2 is 2.05 bits per heavy atom. The molecule has 1 atom stereocenters. The van der Waals surface area contributed by atoms with Crippen molar-refractivity contribution < 1.29 is 9.53 Å². The van der Waals surface area contributed by atoms with Gasteiger partial charge in [0.1, 0.15) is 0 Å². The third kappa shape index (κ3) is 5.80. The molecule has 204 valence electrons. The molecule has 1 amide bonds. The van der Waals surface area contributed by atoms with Crippen LogP contribution in [0.2, 0.25) is 0 Å². The summed E-state index contributed by atoms with van der Waals surface area (Å²) in [6.07, 6.45) is 4.33. The summed E-state index contributed by atoms with van der Waals surface area (Å²) in [5.74, 6) is 0.769. The van der Waals surface area contributed by atoms with E-state index < -0.39 is 20.1 Å². The van der Waals surface area contributed by atoms with E-state index in [0.29, 0.717) is 52.8 Å². The number of nitrogens with zero attached hydrogens (tertiary/aromatic N) is 8. The molecule has 39 heavy (non-hydrogen) atoms. The van der Waals surface area contributed by atoms with Crippen molar-refractivity contribution >= 4 is 37.5 Å². The van der Waals surface area contributed by atoms with Gasteiger partial charge in [-0.3, -0.25) is 0 Å². The number of hydrogen-bond donors (Lipinski definition) is 0. The minimum absolute atomic E-state index is 0.0867. The number of amides is 1. The molecule has 4 heterocycles. The Hall–Kier alpha value is -3.42. The summed E-state index contributed by atoms with van der Waals surface area (Å²) in [6, 6.07) is 13.0. The number of para-hydroxylation sites is 1. The zero-order valence-electron chi connectivity index (χ0n) is 22.2. The van der Waals surface area contributed by atoms with E-state index in [0.717, 1.165) is 55.1 Å². The first-order valence-corrected chi connectivity index (χ1v) is 17.2. The number of nitriles is 2. The van der Waals surface area contributed by atoms with Crippen molar-refractivity contribution in [3.63, 3.8) is 0 Å². The number of ether oxygens (including phenoxy) is 1. The van der Waals surface area contributed by atoms with Crippen LogP contribution < -0.4 is 14.5 Å². The standard InChI is InChI=1S/C28H33IN8O2/c1-3-26(38)37-16-15-36(20-29(37)11-12-30)27-23-10-14-35(25-9-5-4-7-21(25)17-31)18-24(23)32-28(33-27)39-19-22-8-6-13-34(22)2/h3-5,7,9,22H,1,6,8,10-11,13-16,18-20H2,2H3/t22-/m0/s1. The van der Waals surface area contributed by atoms with Gasteiger partial charge in [-0.25, -0.2) is 0 Å². The Labute approximate surface area is 237 Å². The molecule has 0 N–H and O–H groups in total. The van der Waals surface area contributed by atoms with Crippen molar-refractivity contribution in [3.05, 3.63) is 53.7 Å². The second-order valence-electron chi connectivity index (χ2n) is 9.87. The van der Waals surface area contributed by atoms with Gasteiger partial charge in [0, 0.05) is 0 Å². The van der Waals surface area contributed by atoms with Crippen LogP contribution in [0.15, 0.2) is 36.9 Å². The monoisotopic (exact) mass is 640 g/mol. The molecule has 0 aliphatic carbocycles. The fourth-order valence-electron chi connectivity index (χ4n) is 5.42. The van der Waals surface area contributed by atoms with E-state index in [1.165, 1.54) is 6.08 Å². The van der Waals surface area contributed by atoms with Gasteiger partial charge < -0.3 is 0 Å². The van der Waals surface area contributed by atoms with Gasteiger partial charge in [0.05, 0.1) is 0 Å². The summed E-state index contributed by atoms with van der Waals surface area (Å²) in [5, 5.41) is 19.1. The molecule has 11 heteroatoms. The Morgan fingerprint density at radius 1 is 1.21 bits per heavy atom. The first-order chi connectivity index (χ1) is 19.0. The second-order valence-corrected chi connectivity index (χ2v) is 14.9. The summed E-state index contributed by atoms with van der Waals surface area (Å²) in [4.78, 5) is 29.0. The molecule has 0 saturated carbocycles. The number of likely N-dealkylation sites (tertiary alicyclic amines) is 1. The number of benzene rings is 1. The van der Waals surface area contributed by atoms with Crippen molar-refractivity contribution in [1.29, 1.82) is 10.5 Å². The van der Waals surface area contributed by atoms with Crippen LogP contribution in [-0.4, -0.2) is 78.7 Å². The van der Waals surface area contributed by atoms with Crippen LogP contribution in [0.4, 0.5) is 11.5 Å². The molecule has 2 fully saturated rings. The van der Waals surface area contributed by atoms with Crippen LogP contribution in [0.5, 0.6) is 6.01 Å². The van der Waals surface area contributed by atoms with Crippen LogP contribution in [0.3, 0.4) is 0 Å². The van der Waals surface area contributed by atoms with Crippen molar-refractivity contribution in [2.45, 2.75) is 31.8 Å². The molecule has 2 aromatic rings. The van der Waals surface area contributed by atoms with Gasteiger partial charge in [-0.15, -0.1) is 0 Å². The van der Waals surface area contributed by atoms with Gasteiger partial charge in [-0.1, -0.05) is 0 Å². The van der Waals surface area contributed by atoms with Crippen molar-refractivity contribution in [2.75, 3.05) is 58.6 Å². The topological polar surface area (TPSA) is 113 Å². The molecular formula is C28H33IN8O2. The number of likely N-dealkylation sites (N-methyl/N-ethyl adjacent to an activating group) is 1. The van der Waals surface area contributed by atoms with Crippen LogP contribution in [0.1, 0.15) is 29.7 Å². The molecule has 0 spiro atoms. The van der Waals surface area contributed by atoms with E-state index in [2.05, 4.69) is 40.5 Å². The van der Waals surface area contributed by atoms with Crippen LogP contribution in [0.25, 0.3) is 0 Å². The average Bonchev–Trinajstić information content (AvgIpc) is 3.39. The Kier molecular flexibility index (Phi) is 8.48. The van der Waals surface area contributed by atoms with E-state index in [-0.39, 0.29) is 5.91 Å². The minimum atomic E-state index is -2.10. The number of halogens is 1. The zero-order valence-corrected chi connectivity index (χ0v) is 24.4. The zero-order chi connectivity index (χ0) is 27.4. The Morgan fingerprint density at radius 3 is 2.79 bits per heavy atom. The first kappa shape index (κ1) is 27.2. The Bertz CT molecular complexity index is 1320. The molecule has 5 rings (SSSR count). The van der Waals surface area contributed by atoms with Crippen LogP contribution >= 0.6 is 20.1 Å². The van der Waals surface area contributed by atoms with Crippen molar-refractivity contribution in [2.24, 2.45) is 0 Å². The van der Waals surface area contributed by atoms with E-state index in [1.54, 1.807) is 0 Å². The van der Waals surface area contributed by atoms with Gasteiger partial charge in [0.15, 0.2) is 0 Å². The first-order valence-electron chi connectivity index (χ1n) is 13.2. The predicted molar refractivity (Wildman–Crippen MR) is 158 cm³/mol. The fourth-order valence-corrected chi connectivity index (χ4v) is 10.2. The molecule has 0 radical (unpaired) electrons. The number of aromatic nitrogens is 2. The number of carbonyl (C=O) groups is 1. The molecule has 1 aromatic carbocycles. The maximum absolute atomic E-state index is 12.5. The van der Waals surface area contributed by atoms with E-state index in [9.17, 15) is 15.3 Å². The number of carbonyl (C=O) groups excluding carboxylic acids is 1. The van der Waals surface area contributed by atoms with Gasteiger partial charge >= 0.3 is 238 Å². The molecule has 3 aliphatic rings. The van der Waals surface area contributed by atoms with Crippen molar-refractivity contribution in [3.8, 4) is 18.1 Å². The normalized spacial score (nSPS) is 20.2. The molecule has 0 bridgehead atoms. The number of hydrogen-bond acceptors (Lipinski definition) is 9. The van der Waals surface area contributed by atoms with E-state index in [1.807, 2.05) is 27.4 Å². The third-order valence-electron chi connectivity index (χ3n) is 7.53. The Balaban J connectivity index is 1.46. The number of fused-ring (bicyclic) bond motifs is 1. The molecule has 2 saturated heterocycles. The van der Waals surface area contributed by atoms with E-state index in [4.69, 9.17) is 14.7 Å². The van der Waals surface area contributed by atoms with Gasteiger partial charge in [0.25, 0.3) is 0 Å². The average molecular weight is 641 g/mol. The second kappa shape index (κ2) is 12.2. The summed E-state index contributed by atoms with van der Waals surface area (Å²) in [7, 11) is 2.12. The van der Waals surface area contributed by atoms with Gasteiger partial charge in [-0.2, -0.15) is 0 Å². The quantitative estimate of drug-likeness (QED) is 0.148. The van der Waals surface area contributed by atoms with Gasteiger partial charge in [-0.05, 0) is 0 Å². The summed E-state index contributed by atoms with van der Waals surface area (Å²) in [6.45, 7) is 7.73. The molecule has 3 aliphatic heterocycles. The van der Waals surface area contributed by atoms with Gasteiger partial charge in [0.2, 0.25) is 0 Å². The summed E-state index contributed by atoms with van der Waals surface area (Å²) in [5.41, 5.74) is 3.53. The predicted octanol–water partition coefficient (Wildman–Crippen LogP) is 3.12. The summed E-state index contributed by atoms with van der Waals surface area (Å²) >= 11 is -2.10. The molecule has 1 aromatic heterocycles. The van der Waals surface area contributed by atoms with E-state index >= 15 is 0 Å². The number of anilines is 2. The number of alkyl halides is 2. The van der Waals surface area contributed by atoms with Crippen molar-refractivity contribution in [1.82, 2.24) is 18.0 Å². The summed E-state index contributed by atoms with van der Waals surface area (Å²) < 4.78 is 9.15. The SMILES string of the molecule is C=CC(=O)N1CCN(c2nc(OC[C@@H]3CCCN3C)nc3c2CCN(c2ccccc2C#N)C3)CI1CC#N. The molecule has 10 nitrogen and oxygen atoms in total. The molecule has 0 unspecified atom stereocenters. The third-order valence-corrected chi connectivity index (χ3v) is 13.0. The maximum atomic E-state index is 12.5. The van der Waals surface area contributed by atoms with Crippen LogP contribution in [-0.2, 0) is 17.8 Å². The fraction of sp³-hybridized carbons (Fsp3) is 0.464. The van der Waals surface area contributed by atoms with Crippen LogP contribution in [0, 0.1) is 22.7 Å².